The lowest BCUT2D eigenvalue weighted by atomic mass is 10.2. The number of nitrogens with zero attached hydrogens (tertiary/aromatic N) is 2. The molecule has 0 aliphatic rings. The summed E-state index contributed by atoms with van der Waals surface area (Å²) in [6.45, 7) is 4.09. The number of carbonyl (C=O) groups excluding carboxylic acids is 2. The Kier molecular flexibility index (Phi) is 40.6. The number of carbonyl (C=O) groups is 2. The number of hydrogen-bond donors (Lipinski definition) is 4. The Hall–Kier alpha value is -6.08. The minimum Gasteiger partial charge on any atom is -0.497 e. The number of nitro benzene ring substituents is 1. The summed E-state index contributed by atoms with van der Waals surface area (Å²) in [4.78, 5) is 59.0. The molecule has 31 nitrogen and oxygen atoms in total. The predicted molar refractivity (Wildman–Crippen MR) is 407 cm³/mol. The van der Waals surface area contributed by atoms with Gasteiger partial charge in [0.05, 0.1) is 48.0 Å². The zero-order valence-electron chi connectivity index (χ0n) is 52.9. The second-order valence-corrected chi connectivity index (χ2v) is 44.6. The molecule has 6 aromatic carbocycles. The third-order valence-corrected chi connectivity index (χ3v) is 26.4. The summed E-state index contributed by atoms with van der Waals surface area (Å²) in [5, 5.41) is 17.3. The van der Waals surface area contributed by atoms with Gasteiger partial charge in [-0.25, -0.2) is 85.5 Å². The van der Waals surface area contributed by atoms with Gasteiger partial charge in [0, 0.05) is 132 Å². The van der Waals surface area contributed by atoms with Crippen molar-refractivity contribution in [2.24, 2.45) is 0 Å². The van der Waals surface area contributed by atoms with E-state index in [4.69, 9.17) is 112 Å². The van der Waals surface area contributed by atoms with Crippen molar-refractivity contribution in [1.82, 2.24) is 15.0 Å². The summed E-state index contributed by atoms with van der Waals surface area (Å²) in [7, 11) is 13.9. The molecule has 0 saturated carbocycles. The number of thiophene rings is 1. The number of anilines is 2. The predicted octanol–water partition coefficient (Wildman–Crippen LogP) is 12.3. The van der Waals surface area contributed by atoms with Crippen molar-refractivity contribution < 1.29 is 95.0 Å². The lowest BCUT2D eigenvalue weighted by Gasteiger charge is -1.99. The van der Waals surface area contributed by atoms with E-state index in [0.717, 1.165) is 46.9 Å². The highest BCUT2D eigenvalue weighted by Gasteiger charge is 2.21. The minimum atomic E-state index is -4.12. The van der Waals surface area contributed by atoms with Gasteiger partial charge in [0.1, 0.15) is 9.96 Å². The second kappa shape index (κ2) is 43.9. The van der Waals surface area contributed by atoms with Gasteiger partial charge in [-0.3, -0.25) is 29.5 Å². The Morgan fingerprint density at radius 1 is 0.538 bits per heavy atom. The highest BCUT2D eigenvalue weighted by molar-refractivity contribution is 8.16. The first kappa shape index (κ1) is 97.9. The standard InChI is InChI=1S/C7H6ClNO3S.C7H7ClO3S.C7H7ClO2S.C6H4Cl2O2S.C6H7ClN2O3S2.C6H4ClNO4S.C6H5ClO2S.C5H5ClN2O4S.C4H3ClO2S2/c8-13(11,12)7-3-1-6(2-4-7)9-5-10;1-11-6-2-4-7(5-3-6)12(8,9)10;8-11(9,10)6-7-4-2-1-3-5-7;7-5-1-3-6(4-2-5)11(8,9)10;1-3-5(14(7,11)12)13-6(8-3)9-4(2)10;7-13(11,12)6-3-1-5(2-4-6)8(9)10;7-10(8,9)6-4-2-1-3-5-6;1-2-3(13(6,11)12)4(9)8-5(10)7-2;5-9(6,7)4-2-1-3-8-4/h1-5H,(H,9,10);2-5H,1H3;1-5H,6H2;1-4H;1-2H3,(H,8,9,10);1-4H;1-5H;1H3,(H2,7,8,9,10);1-3H. The fraction of sp³-hybridized carbons (Fsp3) is 0.0926. The van der Waals surface area contributed by atoms with E-state index in [1.54, 1.807) is 58.9 Å². The molecule has 9 rings (SSSR count). The number of benzene rings is 6. The minimum absolute atomic E-state index is 0.00520. The van der Waals surface area contributed by atoms with E-state index in [0.29, 0.717) is 28.4 Å². The van der Waals surface area contributed by atoms with E-state index in [9.17, 15) is 105 Å². The van der Waals surface area contributed by atoms with Crippen molar-refractivity contribution in [2.45, 2.75) is 64.3 Å². The zero-order chi connectivity index (χ0) is 81.6. The van der Waals surface area contributed by atoms with Crippen LogP contribution in [0.25, 0.3) is 0 Å². The van der Waals surface area contributed by atoms with Crippen LogP contribution < -0.4 is 26.6 Å². The largest absolute Gasteiger partial charge is 0.497 e. The Morgan fingerprint density at radius 3 is 1.25 bits per heavy atom. The van der Waals surface area contributed by atoms with Crippen molar-refractivity contribution >= 4 is 241 Å². The Balaban J connectivity index is 0.000000598. The number of ether oxygens (including phenoxy) is 1. The van der Waals surface area contributed by atoms with Gasteiger partial charge in [-0.05, 0) is 128 Å². The maximum absolute atomic E-state index is 11.0. The van der Waals surface area contributed by atoms with E-state index < -0.39 is 103 Å². The molecule has 3 aromatic heterocycles. The summed E-state index contributed by atoms with van der Waals surface area (Å²) < 4.78 is 198. The molecule has 0 aliphatic heterocycles. The normalized spacial score (nSPS) is 11.3. The molecule has 52 heteroatoms. The van der Waals surface area contributed by atoms with E-state index in [1.165, 1.54) is 119 Å². The number of nitrogens with one attached hydrogen (secondary N) is 4. The topological polar surface area (TPSA) is 496 Å². The van der Waals surface area contributed by atoms with Crippen molar-refractivity contribution in [2.75, 3.05) is 17.7 Å². The van der Waals surface area contributed by atoms with Gasteiger partial charge in [-0.15, -0.1) is 11.3 Å². The molecule has 2 amide bonds. The highest BCUT2D eigenvalue weighted by Crippen LogP contribution is 2.30. The van der Waals surface area contributed by atoms with Crippen LogP contribution >= 0.6 is 130 Å². The summed E-state index contributed by atoms with van der Waals surface area (Å²) in [5.74, 6) is 0.186. The monoisotopic (exact) mass is 1880 g/mol. The first-order chi connectivity index (χ1) is 48.4. The molecule has 0 aliphatic carbocycles. The number of hydrogen-bond acceptors (Lipinski definition) is 28. The number of amides is 2. The number of methoxy groups -OCH3 is 1. The molecule has 106 heavy (non-hydrogen) atoms. The number of non-ortho nitro benzene ring substituents is 1. The first-order valence-electron chi connectivity index (χ1n) is 26.5. The molecule has 0 fully saturated rings. The average molecular weight is 1890 g/mol. The van der Waals surface area contributed by atoms with Crippen LogP contribution in [0.15, 0.2) is 223 Å². The highest BCUT2D eigenvalue weighted by atomic mass is 35.7. The second-order valence-electron chi connectivity index (χ2n) is 18.5. The van der Waals surface area contributed by atoms with Gasteiger partial charge in [0.15, 0.2) is 14.2 Å². The van der Waals surface area contributed by atoms with Crippen molar-refractivity contribution in [3.8, 4) is 5.75 Å². The molecule has 0 spiro atoms. The number of thiazole rings is 1. The van der Waals surface area contributed by atoms with Crippen LogP contribution in [0.4, 0.5) is 16.5 Å². The Labute approximate surface area is 659 Å². The number of H-pyrrole nitrogens is 2. The molecule has 3 heterocycles. The van der Waals surface area contributed by atoms with Crippen LogP contribution in [0.1, 0.15) is 23.9 Å². The number of aromatic nitrogens is 3. The fourth-order valence-electron chi connectivity index (χ4n) is 6.30. The van der Waals surface area contributed by atoms with Gasteiger partial charge in [0.25, 0.3) is 83.7 Å². The molecular weight excluding hydrogens is 1840 g/mol. The van der Waals surface area contributed by atoms with Crippen LogP contribution in [-0.4, -0.2) is 115 Å². The molecule has 4 N–H and O–H groups in total. The van der Waals surface area contributed by atoms with Crippen molar-refractivity contribution in [3.63, 3.8) is 0 Å². The molecule has 0 radical (unpaired) electrons. The maximum atomic E-state index is 11.0. The molecule has 0 unspecified atom stereocenters. The molecule has 0 bridgehead atoms. The van der Waals surface area contributed by atoms with E-state index in [2.05, 4.69) is 20.6 Å². The van der Waals surface area contributed by atoms with Crippen LogP contribution in [0.3, 0.4) is 0 Å². The number of nitro groups is 1. The number of halogens is 10. The van der Waals surface area contributed by atoms with Crippen molar-refractivity contribution in [3.05, 3.63) is 228 Å². The van der Waals surface area contributed by atoms with E-state index >= 15 is 0 Å². The molecule has 0 atom stereocenters. The Morgan fingerprint density at radius 2 is 0.943 bits per heavy atom. The molecule has 580 valence electrons. The molecule has 0 saturated heterocycles. The number of aromatic amines is 2. The lowest BCUT2D eigenvalue weighted by molar-refractivity contribution is -0.384. The maximum Gasteiger partial charge on any atom is 0.325 e. The summed E-state index contributed by atoms with van der Waals surface area (Å²) in [6.07, 6.45) is 0.504. The third kappa shape index (κ3) is 40.4. The average Bonchev–Trinajstić information content (AvgIpc) is 1.28. The van der Waals surface area contributed by atoms with Crippen molar-refractivity contribution in [1.29, 1.82) is 0 Å². The third-order valence-electron chi connectivity index (χ3n) is 10.6. The first-order valence-corrected chi connectivity index (χ1v) is 49.6. The smallest absolute Gasteiger partial charge is 0.325 e. The quantitative estimate of drug-likeness (QED) is 0.0320. The summed E-state index contributed by atoms with van der Waals surface area (Å²) >= 11 is 7.47. The number of rotatable bonds is 15. The van der Waals surface area contributed by atoms with Gasteiger partial charge < -0.3 is 20.4 Å². The lowest BCUT2D eigenvalue weighted by Crippen LogP contribution is -2.27. The summed E-state index contributed by atoms with van der Waals surface area (Å²) in [6, 6.07) is 41.1. The molecule has 9 aromatic rings. The van der Waals surface area contributed by atoms with Gasteiger partial charge in [0.2, 0.25) is 21.4 Å². The van der Waals surface area contributed by atoms with Crippen LogP contribution in [0.2, 0.25) is 5.02 Å². The van der Waals surface area contributed by atoms with Gasteiger partial charge in [-0.2, -0.15) is 0 Å². The van der Waals surface area contributed by atoms with Crippen LogP contribution in [0, 0.1) is 24.0 Å². The fourth-order valence-corrected chi connectivity index (χ4v) is 16.7. The van der Waals surface area contributed by atoms with Gasteiger partial charge >= 0.3 is 5.69 Å². The van der Waals surface area contributed by atoms with Gasteiger partial charge in [-0.1, -0.05) is 77.5 Å². The summed E-state index contributed by atoms with van der Waals surface area (Å²) in [5.41, 5.74) is -0.536. The molecular formula is C54H48Cl10N6O25S11. The van der Waals surface area contributed by atoms with E-state index in [1.807, 2.05) is 6.07 Å². The Bertz CT molecular complexity index is 5650. The van der Waals surface area contributed by atoms with E-state index in [-0.39, 0.29) is 66.8 Å². The number of aryl methyl sites for hydroxylation is 2. The zero-order valence-corrected chi connectivity index (χ0v) is 69.4. The van der Waals surface area contributed by atoms with Crippen LogP contribution in [0.5, 0.6) is 5.75 Å². The van der Waals surface area contributed by atoms with Crippen LogP contribution in [-0.2, 0) is 96.8 Å². The SMILES string of the molecule is CC(=O)Nc1nc(C)c(S(=O)(=O)Cl)s1.COc1ccc(S(=O)(=O)Cl)cc1.Cc1[nH]c(=O)[nH]c(=O)c1S(=O)(=O)Cl.O=CNc1ccc(S(=O)(=O)Cl)cc1.O=S(=O)(Cl)Cc1ccccc1.O=S(=O)(Cl)c1ccc(Cl)cc1.O=S(=O)(Cl)c1ccccc1.O=S(=O)(Cl)c1cccs1.O=[N+]([O-])c1ccc(S(=O)(=O)Cl)cc1.